The van der Waals surface area contributed by atoms with Crippen LogP contribution in [0.15, 0.2) is 0 Å². The molecule has 1 amide bonds. The maximum Gasteiger partial charge on any atom is 0.407 e. The highest BCUT2D eigenvalue weighted by molar-refractivity contribution is 5.67. The normalized spacial score (nSPS) is 12.3. The second kappa shape index (κ2) is 9.22. The van der Waals surface area contributed by atoms with Gasteiger partial charge in [0.05, 0.1) is 0 Å². The van der Waals surface area contributed by atoms with Gasteiger partial charge in [-0.3, -0.25) is 0 Å². The quantitative estimate of drug-likeness (QED) is 0.633. The molecule has 0 spiro atoms. The number of hydrogen-bond donors (Lipinski definition) is 2. The van der Waals surface area contributed by atoms with Crippen LogP contribution in [0.5, 0.6) is 0 Å². The number of carbonyl (C=O) groups is 1. The topological polar surface area (TPSA) is 50.4 Å². The Labute approximate surface area is 125 Å². The molecule has 0 aromatic rings. The van der Waals surface area contributed by atoms with E-state index < -0.39 is 5.60 Å². The number of alkyl carbamates (subject to hydrolysis) is 1. The average molecular weight is 286 g/mol. The summed E-state index contributed by atoms with van der Waals surface area (Å²) in [4.78, 5) is 11.6. The van der Waals surface area contributed by atoms with E-state index in [1.165, 1.54) is 32.1 Å². The average Bonchev–Trinajstić information content (AvgIpc) is 2.29. The minimum Gasteiger partial charge on any atom is -0.444 e. The first-order chi connectivity index (χ1) is 9.16. The Morgan fingerprint density at radius 3 is 2.15 bits per heavy atom. The van der Waals surface area contributed by atoms with Gasteiger partial charge in [-0.15, -0.1) is 0 Å². The van der Waals surface area contributed by atoms with Crippen molar-refractivity contribution in [1.29, 1.82) is 0 Å². The first kappa shape index (κ1) is 19.2. The Balaban J connectivity index is 3.76. The zero-order valence-electron chi connectivity index (χ0n) is 14.3. The number of unbranched alkanes of at least 4 members (excludes halogenated alkanes) is 4. The molecule has 0 unspecified atom stereocenters. The Kier molecular flexibility index (Phi) is 8.86. The van der Waals surface area contributed by atoms with Gasteiger partial charge in [0.15, 0.2) is 0 Å². The number of nitrogens with one attached hydrogen (secondary N) is 2. The first-order valence-corrected chi connectivity index (χ1v) is 7.88. The number of amides is 1. The lowest BCUT2D eigenvalue weighted by atomic mass is 10.1. The number of ether oxygens (including phenoxy) is 1. The van der Waals surface area contributed by atoms with Gasteiger partial charge in [0.25, 0.3) is 0 Å². The van der Waals surface area contributed by atoms with Crippen LogP contribution in [0.2, 0.25) is 0 Å². The van der Waals surface area contributed by atoms with Crippen molar-refractivity contribution in [3.63, 3.8) is 0 Å². The van der Waals surface area contributed by atoms with Crippen LogP contribution in [-0.2, 0) is 4.74 Å². The molecule has 0 bridgehead atoms. The number of hydrogen-bond acceptors (Lipinski definition) is 3. The summed E-state index contributed by atoms with van der Waals surface area (Å²) < 4.78 is 5.23. The summed E-state index contributed by atoms with van der Waals surface area (Å²) in [5.74, 6) is 0. The Morgan fingerprint density at radius 2 is 1.60 bits per heavy atom. The molecule has 4 nitrogen and oxygen atoms in total. The molecule has 0 atom stereocenters. The molecule has 2 N–H and O–H groups in total. The molecule has 0 aromatic heterocycles. The van der Waals surface area contributed by atoms with Gasteiger partial charge in [-0.25, -0.2) is 4.79 Å². The van der Waals surface area contributed by atoms with E-state index in [1.54, 1.807) is 0 Å². The van der Waals surface area contributed by atoms with Crippen molar-refractivity contribution in [3.8, 4) is 0 Å². The molecule has 0 aliphatic rings. The van der Waals surface area contributed by atoms with Crippen molar-refractivity contribution >= 4 is 6.09 Å². The lowest BCUT2D eigenvalue weighted by Gasteiger charge is -2.28. The van der Waals surface area contributed by atoms with Crippen molar-refractivity contribution in [3.05, 3.63) is 0 Å². The van der Waals surface area contributed by atoms with E-state index in [0.29, 0.717) is 6.54 Å². The van der Waals surface area contributed by atoms with Crippen LogP contribution in [0.3, 0.4) is 0 Å². The molecule has 0 heterocycles. The maximum atomic E-state index is 11.6. The van der Waals surface area contributed by atoms with Crippen LogP contribution in [0, 0.1) is 0 Å². The molecule has 0 fully saturated rings. The summed E-state index contributed by atoms with van der Waals surface area (Å²) in [6.45, 7) is 13.6. The van der Waals surface area contributed by atoms with Crippen LogP contribution < -0.4 is 10.6 Å². The summed E-state index contributed by atoms with van der Waals surface area (Å²) >= 11 is 0. The van der Waals surface area contributed by atoms with Crippen LogP contribution in [0.4, 0.5) is 4.79 Å². The van der Waals surface area contributed by atoms with E-state index in [4.69, 9.17) is 4.74 Å². The van der Waals surface area contributed by atoms with Crippen molar-refractivity contribution in [2.24, 2.45) is 0 Å². The zero-order chi connectivity index (χ0) is 15.6. The molecule has 20 heavy (non-hydrogen) atoms. The second-order valence-electron chi connectivity index (χ2n) is 7.08. The van der Waals surface area contributed by atoms with E-state index in [2.05, 4.69) is 31.4 Å². The molecule has 0 saturated heterocycles. The Bertz CT molecular complexity index is 270. The van der Waals surface area contributed by atoms with E-state index in [1.807, 2.05) is 20.8 Å². The van der Waals surface area contributed by atoms with Gasteiger partial charge < -0.3 is 15.4 Å². The van der Waals surface area contributed by atoms with Gasteiger partial charge in [0.1, 0.15) is 5.60 Å². The predicted octanol–water partition coefficient (Wildman–Crippen LogP) is 3.85. The summed E-state index contributed by atoms with van der Waals surface area (Å²) in [5.41, 5.74) is -0.553. The highest BCUT2D eigenvalue weighted by Crippen LogP contribution is 2.08. The van der Waals surface area contributed by atoms with Crippen molar-refractivity contribution in [1.82, 2.24) is 10.6 Å². The monoisotopic (exact) mass is 286 g/mol. The van der Waals surface area contributed by atoms with E-state index in [-0.39, 0.29) is 11.6 Å². The highest BCUT2D eigenvalue weighted by atomic mass is 16.6. The summed E-state index contributed by atoms with van der Waals surface area (Å²) in [5, 5.41) is 6.30. The molecular weight excluding hydrogens is 252 g/mol. The standard InChI is InChI=1S/C16H34N2O2/c1-7-8-9-10-11-12-18-16(5,6)13-17-14(19)20-15(2,3)4/h18H,7-13H2,1-6H3,(H,17,19). The molecular formula is C16H34N2O2. The summed E-state index contributed by atoms with van der Waals surface area (Å²) in [6, 6.07) is 0. The SMILES string of the molecule is CCCCCCCNC(C)(C)CNC(=O)OC(C)(C)C. The molecule has 4 heteroatoms. The molecule has 120 valence electrons. The lowest BCUT2D eigenvalue weighted by Crippen LogP contribution is -2.50. The number of carbonyl (C=O) groups excluding carboxylic acids is 1. The highest BCUT2D eigenvalue weighted by Gasteiger charge is 2.20. The maximum absolute atomic E-state index is 11.6. The third kappa shape index (κ3) is 12.3. The van der Waals surface area contributed by atoms with E-state index >= 15 is 0 Å². The largest absolute Gasteiger partial charge is 0.444 e. The van der Waals surface area contributed by atoms with Gasteiger partial charge in [0, 0.05) is 12.1 Å². The van der Waals surface area contributed by atoms with Gasteiger partial charge >= 0.3 is 6.09 Å². The molecule has 0 saturated carbocycles. The second-order valence-corrected chi connectivity index (χ2v) is 7.08. The minimum atomic E-state index is -0.444. The van der Waals surface area contributed by atoms with Gasteiger partial charge in [-0.2, -0.15) is 0 Å². The van der Waals surface area contributed by atoms with E-state index in [9.17, 15) is 4.79 Å². The molecule has 0 aromatic carbocycles. The third-order valence-corrected chi connectivity index (χ3v) is 2.96. The molecule has 0 radical (unpaired) electrons. The molecule has 0 aliphatic heterocycles. The third-order valence-electron chi connectivity index (χ3n) is 2.96. The minimum absolute atomic E-state index is 0.109. The zero-order valence-corrected chi connectivity index (χ0v) is 14.3. The summed E-state index contributed by atoms with van der Waals surface area (Å²) in [6.07, 6.45) is 6.03. The van der Waals surface area contributed by atoms with Crippen molar-refractivity contribution in [2.45, 2.75) is 84.8 Å². The Hall–Kier alpha value is -0.770. The summed E-state index contributed by atoms with van der Waals surface area (Å²) in [7, 11) is 0. The number of rotatable bonds is 9. The van der Waals surface area contributed by atoms with Gasteiger partial charge in [-0.1, -0.05) is 32.6 Å². The lowest BCUT2D eigenvalue weighted by molar-refractivity contribution is 0.0513. The smallest absolute Gasteiger partial charge is 0.407 e. The predicted molar refractivity (Wildman–Crippen MR) is 85.1 cm³/mol. The fourth-order valence-electron chi connectivity index (χ4n) is 1.83. The van der Waals surface area contributed by atoms with Crippen molar-refractivity contribution < 1.29 is 9.53 Å². The first-order valence-electron chi connectivity index (χ1n) is 7.88. The fourth-order valence-corrected chi connectivity index (χ4v) is 1.83. The fraction of sp³-hybridized carbons (Fsp3) is 0.938. The van der Waals surface area contributed by atoms with Gasteiger partial charge in [0.2, 0.25) is 0 Å². The van der Waals surface area contributed by atoms with Gasteiger partial charge in [-0.05, 0) is 47.6 Å². The van der Waals surface area contributed by atoms with Crippen LogP contribution in [0.25, 0.3) is 0 Å². The molecule has 0 aliphatic carbocycles. The van der Waals surface area contributed by atoms with Crippen molar-refractivity contribution in [2.75, 3.05) is 13.1 Å². The van der Waals surface area contributed by atoms with Crippen LogP contribution in [-0.4, -0.2) is 30.3 Å². The van der Waals surface area contributed by atoms with E-state index in [0.717, 1.165) is 6.54 Å². The van der Waals surface area contributed by atoms with Crippen LogP contribution in [0.1, 0.15) is 73.6 Å². The van der Waals surface area contributed by atoms with Crippen LogP contribution >= 0.6 is 0 Å². The Morgan fingerprint density at radius 1 is 1.00 bits per heavy atom. The molecule has 0 rings (SSSR count).